The number of fused-ring (bicyclic) bond motifs is 1. The highest BCUT2D eigenvalue weighted by molar-refractivity contribution is 5.99. The molecule has 2 aromatic carbocycles. The van der Waals surface area contributed by atoms with Gasteiger partial charge < -0.3 is 25.8 Å². The summed E-state index contributed by atoms with van der Waals surface area (Å²) in [5.41, 5.74) is 8.94. The number of carbonyl (C=O) groups is 1. The van der Waals surface area contributed by atoms with Gasteiger partial charge in [0.2, 0.25) is 0 Å². The fourth-order valence-corrected chi connectivity index (χ4v) is 3.27. The van der Waals surface area contributed by atoms with Gasteiger partial charge in [0.25, 0.3) is 5.91 Å². The number of anilines is 1. The number of halogens is 3. The molecule has 2 aromatic rings. The van der Waals surface area contributed by atoms with Crippen LogP contribution >= 0.6 is 0 Å². The topological polar surface area (TPSA) is 85.6 Å². The Labute approximate surface area is 172 Å². The average molecular weight is 423 g/mol. The number of rotatable bonds is 10. The minimum absolute atomic E-state index is 0.0561. The van der Waals surface area contributed by atoms with Crippen molar-refractivity contribution in [3.8, 4) is 11.5 Å². The number of nitrogens with one attached hydrogen (secondary N) is 2. The van der Waals surface area contributed by atoms with Gasteiger partial charge >= 0.3 is 6.18 Å². The van der Waals surface area contributed by atoms with E-state index in [-0.39, 0.29) is 18.1 Å². The van der Waals surface area contributed by atoms with E-state index < -0.39 is 18.7 Å². The zero-order valence-electron chi connectivity index (χ0n) is 16.3. The summed E-state index contributed by atoms with van der Waals surface area (Å²) in [6.07, 6.45) is -2.84. The van der Waals surface area contributed by atoms with Crippen molar-refractivity contribution in [2.75, 3.05) is 38.2 Å². The van der Waals surface area contributed by atoms with Crippen molar-refractivity contribution < 1.29 is 27.4 Å². The first kappa shape index (κ1) is 21.8. The van der Waals surface area contributed by atoms with Crippen LogP contribution in [0.1, 0.15) is 21.5 Å². The van der Waals surface area contributed by atoms with Gasteiger partial charge in [0.1, 0.15) is 6.61 Å². The van der Waals surface area contributed by atoms with Gasteiger partial charge in [0.15, 0.2) is 18.1 Å². The Kier molecular flexibility index (Phi) is 7.04. The molecule has 0 saturated carbocycles. The molecule has 162 valence electrons. The maximum atomic E-state index is 12.3. The molecule has 0 radical (unpaired) electrons. The lowest BCUT2D eigenvalue weighted by molar-refractivity contribution is -0.153. The van der Waals surface area contributed by atoms with E-state index in [0.29, 0.717) is 25.1 Å². The van der Waals surface area contributed by atoms with Crippen LogP contribution in [0.15, 0.2) is 36.4 Å². The van der Waals surface area contributed by atoms with Crippen LogP contribution in [0.2, 0.25) is 0 Å². The molecule has 0 fully saturated rings. The van der Waals surface area contributed by atoms with E-state index in [2.05, 4.69) is 16.7 Å². The first-order valence-electron chi connectivity index (χ1n) is 9.65. The molecule has 1 heterocycles. The van der Waals surface area contributed by atoms with Gasteiger partial charge in [0.05, 0.1) is 11.3 Å². The zero-order chi connectivity index (χ0) is 21.6. The van der Waals surface area contributed by atoms with Gasteiger partial charge in [-0.2, -0.15) is 13.2 Å². The molecule has 4 N–H and O–H groups in total. The summed E-state index contributed by atoms with van der Waals surface area (Å²) in [6.45, 7) is 0.855. The molecule has 0 unspecified atom stereocenters. The third-order valence-electron chi connectivity index (χ3n) is 4.61. The average Bonchev–Trinajstić information content (AvgIpc) is 3.17. The number of benzene rings is 2. The number of hydrogen-bond acceptors (Lipinski definition) is 5. The molecule has 9 heteroatoms. The summed E-state index contributed by atoms with van der Waals surface area (Å²) in [4.78, 5) is 11.7. The van der Waals surface area contributed by atoms with Crippen LogP contribution < -0.4 is 25.8 Å². The summed E-state index contributed by atoms with van der Waals surface area (Å²) in [5, 5.41) is 6.41. The van der Waals surface area contributed by atoms with Crippen molar-refractivity contribution >= 4 is 11.6 Å². The summed E-state index contributed by atoms with van der Waals surface area (Å²) < 4.78 is 47.4. The third-order valence-corrected chi connectivity index (χ3v) is 4.61. The Balaban J connectivity index is 1.44. The predicted octanol–water partition coefficient (Wildman–Crippen LogP) is 2.91. The van der Waals surface area contributed by atoms with Crippen molar-refractivity contribution in [2.24, 2.45) is 5.73 Å². The molecule has 0 aliphatic carbocycles. The number of carbonyl (C=O) groups excluding carboxylic acids is 1. The van der Waals surface area contributed by atoms with E-state index in [9.17, 15) is 18.0 Å². The van der Waals surface area contributed by atoms with Crippen LogP contribution in [0, 0.1) is 0 Å². The van der Waals surface area contributed by atoms with Crippen LogP contribution in [0.4, 0.5) is 18.9 Å². The summed E-state index contributed by atoms with van der Waals surface area (Å²) in [5.74, 6) is -0.128. The standard InChI is InChI=1S/C21H24F3N3O3/c22-21(23,24)13-30-18-4-2-1-3-17(18)29-10-9-26-7-5-14-11-15-6-8-27-19(15)16(12-14)20(25)28/h1-4,11-12,26-27H,5-10,13H2,(H2,25,28). The second-order valence-corrected chi connectivity index (χ2v) is 6.92. The number of nitrogens with two attached hydrogens (primary N) is 1. The van der Waals surface area contributed by atoms with Crippen molar-refractivity contribution in [2.45, 2.75) is 19.0 Å². The van der Waals surface area contributed by atoms with Crippen LogP contribution in [-0.4, -0.2) is 44.9 Å². The Morgan fingerprint density at radius 3 is 2.57 bits per heavy atom. The van der Waals surface area contributed by atoms with Gasteiger partial charge in [-0.15, -0.1) is 0 Å². The summed E-state index contributed by atoms with van der Waals surface area (Å²) in [7, 11) is 0. The molecular weight excluding hydrogens is 399 g/mol. The van der Waals surface area contributed by atoms with Crippen molar-refractivity contribution in [1.82, 2.24) is 5.32 Å². The molecule has 30 heavy (non-hydrogen) atoms. The SMILES string of the molecule is NC(=O)c1cc(CCNCCOc2ccccc2OCC(F)(F)F)cc2c1NCC2. The highest BCUT2D eigenvalue weighted by Crippen LogP contribution is 2.29. The molecule has 0 spiro atoms. The van der Waals surface area contributed by atoms with Crippen LogP contribution in [0.3, 0.4) is 0 Å². The van der Waals surface area contributed by atoms with Gasteiger partial charge in [-0.05, 0) is 48.7 Å². The van der Waals surface area contributed by atoms with Gasteiger partial charge in [0, 0.05) is 13.1 Å². The van der Waals surface area contributed by atoms with Gasteiger partial charge in [-0.3, -0.25) is 4.79 Å². The largest absolute Gasteiger partial charge is 0.488 e. The summed E-state index contributed by atoms with van der Waals surface area (Å²) >= 11 is 0. The highest BCUT2D eigenvalue weighted by atomic mass is 19.4. The first-order chi connectivity index (χ1) is 14.3. The fourth-order valence-electron chi connectivity index (χ4n) is 3.27. The molecule has 1 aliphatic heterocycles. The van der Waals surface area contributed by atoms with Crippen molar-refractivity contribution in [3.05, 3.63) is 53.1 Å². The normalized spacial score (nSPS) is 12.9. The molecule has 0 aromatic heterocycles. The fraction of sp³-hybridized carbons (Fsp3) is 0.381. The number of ether oxygens (including phenoxy) is 2. The lowest BCUT2D eigenvalue weighted by atomic mass is 10.0. The number of primary amides is 1. The maximum Gasteiger partial charge on any atom is 0.422 e. The second kappa shape index (κ2) is 9.71. The van der Waals surface area contributed by atoms with E-state index >= 15 is 0 Å². The van der Waals surface area contributed by atoms with E-state index in [1.54, 1.807) is 18.2 Å². The lowest BCUT2D eigenvalue weighted by Crippen LogP contribution is -2.24. The molecule has 0 atom stereocenters. The Bertz CT molecular complexity index is 888. The minimum atomic E-state index is -4.41. The van der Waals surface area contributed by atoms with Crippen LogP contribution in [0.5, 0.6) is 11.5 Å². The van der Waals surface area contributed by atoms with E-state index in [0.717, 1.165) is 29.8 Å². The Hall–Kier alpha value is -2.94. The molecule has 3 rings (SSSR count). The van der Waals surface area contributed by atoms with E-state index in [1.165, 1.54) is 6.07 Å². The second-order valence-electron chi connectivity index (χ2n) is 6.92. The number of alkyl halides is 3. The molecule has 0 bridgehead atoms. The number of para-hydroxylation sites is 2. The first-order valence-corrected chi connectivity index (χ1v) is 9.65. The van der Waals surface area contributed by atoms with Crippen molar-refractivity contribution in [1.29, 1.82) is 0 Å². The summed E-state index contributed by atoms with van der Waals surface area (Å²) in [6, 6.07) is 10.1. The van der Waals surface area contributed by atoms with Crippen LogP contribution in [-0.2, 0) is 12.8 Å². The van der Waals surface area contributed by atoms with E-state index in [1.807, 2.05) is 6.07 Å². The maximum absolute atomic E-state index is 12.3. The lowest BCUT2D eigenvalue weighted by Gasteiger charge is -2.14. The number of hydrogen-bond donors (Lipinski definition) is 3. The number of amides is 1. The smallest absolute Gasteiger partial charge is 0.422 e. The highest BCUT2D eigenvalue weighted by Gasteiger charge is 2.29. The Morgan fingerprint density at radius 1 is 1.13 bits per heavy atom. The van der Waals surface area contributed by atoms with E-state index in [4.69, 9.17) is 15.2 Å². The monoisotopic (exact) mass is 423 g/mol. The zero-order valence-corrected chi connectivity index (χ0v) is 16.3. The van der Waals surface area contributed by atoms with Gasteiger partial charge in [-0.25, -0.2) is 0 Å². The minimum Gasteiger partial charge on any atom is -0.488 e. The molecule has 1 amide bonds. The van der Waals surface area contributed by atoms with Gasteiger partial charge in [-0.1, -0.05) is 18.2 Å². The van der Waals surface area contributed by atoms with Crippen LogP contribution in [0.25, 0.3) is 0 Å². The van der Waals surface area contributed by atoms with Crippen molar-refractivity contribution in [3.63, 3.8) is 0 Å². The molecular formula is C21H24F3N3O3. The molecule has 0 saturated heterocycles. The molecule has 1 aliphatic rings. The molecule has 6 nitrogen and oxygen atoms in total. The predicted molar refractivity (Wildman–Crippen MR) is 107 cm³/mol. The third kappa shape index (κ3) is 6.03. The quantitative estimate of drug-likeness (QED) is 0.512. The Morgan fingerprint density at radius 2 is 1.87 bits per heavy atom.